The highest BCUT2D eigenvalue weighted by molar-refractivity contribution is 9.10. The molecular weight excluding hydrogens is 280 g/mol. The highest BCUT2D eigenvalue weighted by Crippen LogP contribution is 2.33. The van der Waals surface area contributed by atoms with Gasteiger partial charge in [0.2, 0.25) is 0 Å². The van der Waals surface area contributed by atoms with Crippen LogP contribution in [0.3, 0.4) is 0 Å². The fraction of sp³-hybridized carbons (Fsp3) is 0.692. The molecule has 0 saturated carbocycles. The Hall–Kier alpha value is -0.320. The van der Waals surface area contributed by atoms with E-state index in [1.165, 1.54) is 6.42 Å². The summed E-state index contributed by atoms with van der Waals surface area (Å²) in [6, 6.07) is 4.50. The van der Waals surface area contributed by atoms with Crippen molar-refractivity contribution in [3.63, 3.8) is 0 Å². The maximum absolute atomic E-state index is 5.78. The average molecular weight is 301 g/mol. The molecule has 0 radical (unpaired) electrons. The number of piperazine rings is 1. The van der Waals surface area contributed by atoms with Crippen molar-refractivity contribution in [2.24, 2.45) is 5.92 Å². The number of furan rings is 1. The lowest BCUT2D eigenvalue weighted by molar-refractivity contribution is 0.109. The largest absolute Gasteiger partial charge is 0.453 e. The Kier molecular flexibility index (Phi) is 4.65. The summed E-state index contributed by atoms with van der Waals surface area (Å²) in [5, 5.41) is 3.40. The van der Waals surface area contributed by atoms with E-state index in [9.17, 15) is 0 Å². The van der Waals surface area contributed by atoms with E-state index in [0.29, 0.717) is 12.0 Å². The van der Waals surface area contributed by atoms with Gasteiger partial charge in [-0.2, -0.15) is 0 Å². The molecule has 1 saturated heterocycles. The summed E-state index contributed by atoms with van der Waals surface area (Å²) in [6.07, 6.45) is 1.17. The Morgan fingerprint density at radius 1 is 1.41 bits per heavy atom. The topological polar surface area (TPSA) is 28.4 Å². The van der Waals surface area contributed by atoms with E-state index < -0.39 is 0 Å². The third-order valence-corrected chi connectivity index (χ3v) is 4.04. The molecule has 1 N–H and O–H groups in total. The zero-order valence-electron chi connectivity index (χ0n) is 10.6. The van der Waals surface area contributed by atoms with Crippen LogP contribution in [0.4, 0.5) is 0 Å². The first-order valence-electron chi connectivity index (χ1n) is 6.42. The maximum Gasteiger partial charge on any atom is 0.169 e. The molecule has 1 aromatic rings. The van der Waals surface area contributed by atoms with Crippen molar-refractivity contribution >= 4 is 15.9 Å². The van der Waals surface area contributed by atoms with Gasteiger partial charge in [0.15, 0.2) is 4.67 Å². The standard InChI is InChI=1S/C13H21BrN2O/c1-3-10(2)13(11-4-5-12(14)17-11)16-8-6-15-7-9-16/h4-5,10,13,15H,3,6-9H2,1-2H3/t10?,13-/m1/s1. The van der Waals surface area contributed by atoms with Crippen molar-refractivity contribution in [2.45, 2.75) is 26.3 Å². The lowest BCUT2D eigenvalue weighted by Crippen LogP contribution is -2.46. The van der Waals surface area contributed by atoms with Gasteiger partial charge < -0.3 is 9.73 Å². The van der Waals surface area contributed by atoms with E-state index in [2.05, 4.69) is 46.1 Å². The molecule has 2 heterocycles. The van der Waals surface area contributed by atoms with E-state index in [-0.39, 0.29) is 0 Å². The number of rotatable bonds is 4. The zero-order valence-corrected chi connectivity index (χ0v) is 12.2. The van der Waals surface area contributed by atoms with Crippen LogP contribution in [0.25, 0.3) is 0 Å². The summed E-state index contributed by atoms with van der Waals surface area (Å²) in [6.45, 7) is 8.92. The van der Waals surface area contributed by atoms with E-state index in [0.717, 1.165) is 36.6 Å². The van der Waals surface area contributed by atoms with Gasteiger partial charge >= 0.3 is 0 Å². The molecule has 1 aliphatic heterocycles. The van der Waals surface area contributed by atoms with Gasteiger partial charge in [-0.05, 0) is 34.0 Å². The minimum Gasteiger partial charge on any atom is -0.453 e. The fourth-order valence-corrected chi connectivity index (χ4v) is 2.81. The molecule has 3 nitrogen and oxygen atoms in total. The van der Waals surface area contributed by atoms with Crippen LogP contribution in [0.2, 0.25) is 0 Å². The maximum atomic E-state index is 5.78. The van der Waals surface area contributed by atoms with Gasteiger partial charge in [-0.15, -0.1) is 0 Å². The van der Waals surface area contributed by atoms with Gasteiger partial charge in [0.25, 0.3) is 0 Å². The Labute approximate surface area is 112 Å². The molecule has 0 amide bonds. The molecule has 0 aromatic carbocycles. The van der Waals surface area contributed by atoms with Crippen molar-refractivity contribution in [3.8, 4) is 0 Å². The molecule has 1 aromatic heterocycles. The summed E-state index contributed by atoms with van der Waals surface area (Å²) in [7, 11) is 0. The lowest BCUT2D eigenvalue weighted by Gasteiger charge is -2.36. The molecule has 1 unspecified atom stereocenters. The van der Waals surface area contributed by atoms with Gasteiger partial charge in [0.1, 0.15) is 5.76 Å². The predicted octanol–water partition coefficient (Wildman–Crippen LogP) is 3.03. The van der Waals surface area contributed by atoms with Gasteiger partial charge in [-0.25, -0.2) is 0 Å². The molecule has 4 heteroatoms. The molecule has 1 fully saturated rings. The fourth-order valence-electron chi connectivity index (χ4n) is 2.49. The molecule has 2 rings (SSSR count). The number of halogens is 1. The van der Waals surface area contributed by atoms with Crippen molar-refractivity contribution < 1.29 is 4.42 Å². The van der Waals surface area contributed by atoms with Crippen LogP contribution in [-0.2, 0) is 0 Å². The van der Waals surface area contributed by atoms with Crippen molar-refractivity contribution in [2.75, 3.05) is 26.2 Å². The van der Waals surface area contributed by atoms with Crippen molar-refractivity contribution in [1.29, 1.82) is 0 Å². The third kappa shape index (κ3) is 3.12. The summed E-state index contributed by atoms with van der Waals surface area (Å²) in [4.78, 5) is 2.54. The second kappa shape index (κ2) is 6.03. The predicted molar refractivity (Wildman–Crippen MR) is 73.0 cm³/mol. The minimum absolute atomic E-state index is 0.411. The number of hydrogen-bond acceptors (Lipinski definition) is 3. The Morgan fingerprint density at radius 2 is 2.12 bits per heavy atom. The van der Waals surface area contributed by atoms with Crippen LogP contribution < -0.4 is 5.32 Å². The monoisotopic (exact) mass is 300 g/mol. The van der Waals surface area contributed by atoms with E-state index in [1.54, 1.807) is 0 Å². The molecular formula is C13H21BrN2O. The number of nitrogens with zero attached hydrogens (tertiary/aromatic N) is 1. The first-order chi connectivity index (χ1) is 8.22. The molecule has 0 spiro atoms. The summed E-state index contributed by atoms with van der Waals surface area (Å²) < 4.78 is 6.61. The molecule has 17 heavy (non-hydrogen) atoms. The summed E-state index contributed by atoms with van der Waals surface area (Å²) in [5.41, 5.74) is 0. The molecule has 0 aliphatic carbocycles. The van der Waals surface area contributed by atoms with Gasteiger partial charge in [0, 0.05) is 26.2 Å². The summed E-state index contributed by atoms with van der Waals surface area (Å²) in [5.74, 6) is 1.71. The van der Waals surface area contributed by atoms with Gasteiger partial charge in [0.05, 0.1) is 6.04 Å². The molecule has 2 atom stereocenters. The van der Waals surface area contributed by atoms with Crippen LogP contribution in [0.1, 0.15) is 32.1 Å². The second-order valence-electron chi connectivity index (χ2n) is 4.76. The highest BCUT2D eigenvalue weighted by atomic mass is 79.9. The van der Waals surface area contributed by atoms with Crippen molar-refractivity contribution in [1.82, 2.24) is 10.2 Å². The first-order valence-corrected chi connectivity index (χ1v) is 7.21. The molecule has 0 bridgehead atoms. The smallest absolute Gasteiger partial charge is 0.169 e. The average Bonchev–Trinajstić information content (AvgIpc) is 2.77. The Morgan fingerprint density at radius 3 is 2.65 bits per heavy atom. The Balaban J connectivity index is 2.17. The highest BCUT2D eigenvalue weighted by Gasteiger charge is 2.28. The van der Waals surface area contributed by atoms with Crippen LogP contribution in [-0.4, -0.2) is 31.1 Å². The van der Waals surface area contributed by atoms with Crippen LogP contribution in [0.5, 0.6) is 0 Å². The molecule has 1 aliphatic rings. The number of hydrogen-bond donors (Lipinski definition) is 1. The Bertz CT molecular complexity index is 347. The quantitative estimate of drug-likeness (QED) is 0.926. The van der Waals surface area contributed by atoms with Crippen LogP contribution >= 0.6 is 15.9 Å². The summed E-state index contributed by atoms with van der Waals surface area (Å²) >= 11 is 3.40. The van der Waals surface area contributed by atoms with Gasteiger partial charge in [-0.3, -0.25) is 4.90 Å². The zero-order chi connectivity index (χ0) is 12.3. The van der Waals surface area contributed by atoms with E-state index in [4.69, 9.17) is 4.42 Å². The van der Waals surface area contributed by atoms with E-state index in [1.807, 2.05) is 6.07 Å². The second-order valence-corrected chi connectivity index (χ2v) is 5.54. The third-order valence-electron chi connectivity index (χ3n) is 3.61. The molecule has 96 valence electrons. The SMILES string of the molecule is CCC(C)[C@H](c1ccc(Br)o1)N1CCNCC1. The lowest BCUT2D eigenvalue weighted by atomic mass is 9.95. The number of nitrogens with one attached hydrogen (secondary N) is 1. The van der Waals surface area contributed by atoms with Gasteiger partial charge in [-0.1, -0.05) is 20.3 Å². The normalized spacial score (nSPS) is 21.4. The van der Waals surface area contributed by atoms with Crippen molar-refractivity contribution in [3.05, 3.63) is 22.6 Å². The van der Waals surface area contributed by atoms with Crippen LogP contribution in [0, 0.1) is 5.92 Å². The minimum atomic E-state index is 0.411. The van der Waals surface area contributed by atoms with E-state index >= 15 is 0 Å². The van der Waals surface area contributed by atoms with Crippen LogP contribution in [0.15, 0.2) is 21.2 Å². The first kappa shape index (κ1) is 13.1.